The van der Waals surface area contributed by atoms with E-state index in [4.69, 9.17) is 21.1 Å². The summed E-state index contributed by atoms with van der Waals surface area (Å²) >= 11 is 6.05. The van der Waals surface area contributed by atoms with Gasteiger partial charge in [-0.15, -0.1) is 0 Å². The Balaban J connectivity index is 1.79. The predicted octanol–water partition coefficient (Wildman–Crippen LogP) is 6.52. The molecule has 0 heterocycles. The Morgan fingerprint density at radius 2 is 1.75 bits per heavy atom. The van der Waals surface area contributed by atoms with Crippen LogP contribution in [0.25, 0.3) is 0 Å². The fraction of sp³-hybridized carbons (Fsp3) is 0.478. The second-order valence-corrected chi connectivity index (χ2v) is 7.36. The molecule has 0 unspecified atom stereocenters. The molecule has 1 N–H and O–H groups in total. The molecule has 154 valence electrons. The number of hydrogen-bond acceptors (Lipinski definition) is 3. The van der Waals surface area contributed by atoms with E-state index in [1.165, 1.54) is 50.7 Å². The predicted molar refractivity (Wildman–Crippen MR) is 114 cm³/mol. The van der Waals surface area contributed by atoms with Crippen molar-refractivity contribution >= 4 is 11.6 Å². The van der Waals surface area contributed by atoms with Crippen molar-refractivity contribution in [2.75, 3.05) is 13.7 Å². The van der Waals surface area contributed by atoms with Crippen LogP contribution in [0.15, 0.2) is 36.4 Å². The van der Waals surface area contributed by atoms with Crippen LogP contribution in [0, 0.1) is 5.82 Å². The van der Waals surface area contributed by atoms with E-state index in [1.54, 1.807) is 13.2 Å². The molecular formula is C23H31ClFNO2. The van der Waals surface area contributed by atoms with E-state index in [2.05, 4.69) is 12.2 Å². The molecule has 28 heavy (non-hydrogen) atoms. The van der Waals surface area contributed by atoms with Crippen LogP contribution in [0.5, 0.6) is 11.5 Å². The second-order valence-electron chi connectivity index (χ2n) is 6.95. The van der Waals surface area contributed by atoms with E-state index in [1.807, 2.05) is 18.2 Å². The molecule has 3 nitrogen and oxygen atoms in total. The highest BCUT2D eigenvalue weighted by molar-refractivity contribution is 6.31. The number of unbranched alkanes of at least 4 members (excludes halogenated alkanes) is 5. The zero-order valence-corrected chi connectivity index (χ0v) is 17.7. The van der Waals surface area contributed by atoms with Crippen molar-refractivity contribution in [1.29, 1.82) is 0 Å². The molecule has 0 spiro atoms. The van der Waals surface area contributed by atoms with Gasteiger partial charge in [0.25, 0.3) is 0 Å². The Kier molecular flexibility index (Phi) is 10.2. The monoisotopic (exact) mass is 407 g/mol. The van der Waals surface area contributed by atoms with Crippen LogP contribution < -0.4 is 14.8 Å². The van der Waals surface area contributed by atoms with Gasteiger partial charge in [0.2, 0.25) is 0 Å². The summed E-state index contributed by atoms with van der Waals surface area (Å²) in [5.41, 5.74) is 1.88. The van der Waals surface area contributed by atoms with Crippen molar-refractivity contribution in [2.45, 2.75) is 58.6 Å². The Morgan fingerprint density at radius 3 is 2.50 bits per heavy atom. The number of ether oxygens (including phenoxy) is 2. The summed E-state index contributed by atoms with van der Waals surface area (Å²) in [7, 11) is 1.63. The van der Waals surface area contributed by atoms with Crippen LogP contribution in [0.3, 0.4) is 0 Å². The summed E-state index contributed by atoms with van der Waals surface area (Å²) in [4.78, 5) is 0. The number of nitrogens with one attached hydrogen (secondary N) is 1. The quantitative estimate of drug-likeness (QED) is 0.383. The first-order valence-electron chi connectivity index (χ1n) is 10.1. The van der Waals surface area contributed by atoms with Gasteiger partial charge in [-0.3, -0.25) is 0 Å². The first-order chi connectivity index (χ1) is 13.6. The van der Waals surface area contributed by atoms with Crippen molar-refractivity contribution < 1.29 is 13.9 Å². The molecule has 0 fully saturated rings. The molecule has 0 aliphatic heterocycles. The molecule has 2 aromatic carbocycles. The van der Waals surface area contributed by atoms with Crippen LogP contribution in [0.2, 0.25) is 5.02 Å². The molecular weight excluding hydrogens is 377 g/mol. The molecule has 0 aliphatic carbocycles. The lowest BCUT2D eigenvalue weighted by atomic mass is 10.1. The molecule has 0 aromatic heterocycles. The summed E-state index contributed by atoms with van der Waals surface area (Å²) in [6.07, 6.45) is 7.80. The zero-order chi connectivity index (χ0) is 20.2. The van der Waals surface area contributed by atoms with E-state index < -0.39 is 0 Å². The molecule has 0 saturated heterocycles. The first kappa shape index (κ1) is 22.5. The molecule has 0 radical (unpaired) electrons. The molecule has 0 atom stereocenters. The smallest absolute Gasteiger partial charge is 0.161 e. The highest BCUT2D eigenvalue weighted by atomic mass is 35.5. The normalized spacial score (nSPS) is 10.9. The van der Waals surface area contributed by atoms with Gasteiger partial charge in [0.05, 0.1) is 12.1 Å². The lowest BCUT2D eigenvalue weighted by Crippen LogP contribution is -2.14. The van der Waals surface area contributed by atoms with Gasteiger partial charge in [0, 0.05) is 12.1 Å². The third-order valence-corrected chi connectivity index (χ3v) is 5.01. The zero-order valence-electron chi connectivity index (χ0n) is 16.9. The lowest BCUT2D eigenvalue weighted by Gasteiger charge is -2.13. The maximum Gasteiger partial charge on any atom is 0.161 e. The number of hydrogen-bond donors (Lipinski definition) is 1. The van der Waals surface area contributed by atoms with Crippen LogP contribution in [-0.4, -0.2) is 13.7 Å². The highest BCUT2D eigenvalue weighted by Crippen LogP contribution is 2.29. The second kappa shape index (κ2) is 12.6. The van der Waals surface area contributed by atoms with E-state index in [0.29, 0.717) is 16.5 Å². The Hall–Kier alpha value is -1.78. The molecule has 2 rings (SSSR count). The summed E-state index contributed by atoms with van der Waals surface area (Å²) in [5, 5.41) is 3.84. The lowest BCUT2D eigenvalue weighted by molar-refractivity contribution is 0.284. The van der Waals surface area contributed by atoms with Gasteiger partial charge in [0.15, 0.2) is 11.5 Å². The SMILES string of the molecule is CCCCCCCCNCc1ccc(OCc2ccc(F)cc2Cl)c(OC)c1. The fourth-order valence-corrected chi connectivity index (χ4v) is 3.22. The average Bonchev–Trinajstić information content (AvgIpc) is 2.69. The molecule has 0 saturated carbocycles. The largest absolute Gasteiger partial charge is 0.493 e. The van der Waals surface area contributed by atoms with Crippen molar-refractivity contribution in [3.63, 3.8) is 0 Å². The van der Waals surface area contributed by atoms with Gasteiger partial charge in [-0.05, 0) is 42.8 Å². The van der Waals surface area contributed by atoms with Crippen LogP contribution >= 0.6 is 11.6 Å². The van der Waals surface area contributed by atoms with Crippen LogP contribution in [-0.2, 0) is 13.2 Å². The minimum absolute atomic E-state index is 0.255. The van der Waals surface area contributed by atoms with Gasteiger partial charge in [-0.2, -0.15) is 0 Å². The topological polar surface area (TPSA) is 30.5 Å². The van der Waals surface area contributed by atoms with E-state index in [9.17, 15) is 4.39 Å². The van der Waals surface area contributed by atoms with Crippen LogP contribution in [0.4, 0.5) is 4.39 Å². The van der Waals surface area contributed by atoms with E-state index in [-0.39, 0.29) is 12.4 Å². The molecule has 2 aromatic rings. The number of benzene rings is 2. The minimum Gasteiger partial charge on any atom is -0.493 e. The van der Waals surface area contributed by atoms with Crippen molar-refractivity contribution in [3.05, 3.63) is 58.4 Å². The standard InChI is InChI=1S/C23H31ClFNO2/c1-3-4-5-6-7-8-13-26-16-18-9-12-22(23(14-18)27-2)28-17-19-10-11-20(25)15-21(19)24/h9-12,14-15,26H,3-8,13,16-17H2,1-2H3. The van der Waals surface area contributed by atoms with Crippen molar-refractivity contribution in [2.24, 2.45) is 0 Å². The minimum atomic E-state index is -0.357. The Bertz CT molecular complexity index is 724. The van der Waals surface area contributed by atoms with E-state index in [0.717, 1.165) is 24.2 Å². The first-order valence-corrected chi connectivity index (χ1v) is 10.5. The molecule has 0 aliphatic rings. The third-order valence-electron chi connectivity index (χ3n) is 4.66. The van der Waals surface area contributed by atoms with Crippen LogP contribution in [0.1, 0.15) is 56.6 Å². The summed E-state index contributed by atoms with van der Waals surface area (Å²) < 4.78 is 24.4. The number of halogens is 2. The summed E-state index contributed by atoms with van der Waals surface area (Å²) in [6.45, 7) is 4.32. The van der Waals surface area contributed by atoms with Crippen molar-refractivity contribution in [3.8, 4) is 11.5 Å². The number of methoxy groups -OCH3 is 1. The number of rotatable bonds is 13. The van der Waals surface area contributed by atoms with Gasteiger partial charge < -0.3 is 14.8 Å². The van der Waals surface area contributed by atoms with Gasteiger partial charge in [0.1, 0.15) is 12.4 Å². The van der Waals surface area contributed by atoms with E-state index >= 15 is 0 Å². The fourth-order valence-electron chi connectivity index (χ4n) is 3.00. The van der Waals surface area contributed by atoms with Gasteiger partial charge in [-0.1, -0.05) is 62.8 Å². The van der Waals surface area contributed by atoms with Gasteiger partial charge in [-0.25, -0.2) is 4.39 Å². The van der Waals surface area contributed by atoms with Crippen molar-refractivity contribution in [1.82, 2.24) is 5.32 Å². The maximum atomic E-state index is 13.1. The average molecular weight is 408 g/mol. The summed E-state index contributed by atoms with van der Waals surface area (Å²) in [5.74, 6) is 0.962. The maximum absolute atomic E-state index is 13.1. The Labute approximate surface area is 173 Å². The third kappa shape index (κ3) is 7.69. The summed E-state index contributed by atoms with van der Waals surface area (Å²) in [6, 6.07) is 10.2. The molecule has 0 bridgehead atoms. The molecule has 0 amide bonds. The Morgan fingerprint density at radius 1 is 0.964 bits per heavy atom. The van der Waals surface area contributed by atoms with Gasteiger partial charge >= 0.3 is 0 Å². The molecule has 5 heteroatoms. The highest BCUT2D eigenvalue weighted by Gasteiger charge is 2.08.